The molecule has 0 fully saturated rings. The molecule has 0 radical (unpaired) electrons. The van der Waals surface area contributed by atoms with E-state index in [1.165, 1.54) is 0 Å². The normalized spacial score (nSPS) is 10.7. The second-order valence-corrected chi connectivity index (χ2v) is 6.60. The first-order valence-electron chi connectivity index (χ1n) is 8.84. The van der Waals surface area contributed by atoms with Gasteiger partial charge in [-0.05, 0) is 48.5 Å². The van der Waals surface area contributed by atoms with Crippen LogP contribution >= 0.6 is 11.6 Å². The van der Waals surface area contributed by atoms with Crippen LogP contribution in [0.2, 0.25) is 5.02 Å². The molecule has 146 valence electrons. The maximum absolute atomic E-state index is 12.1. The largest absolute Gasteiger partial charge is 0.497 e. The molecule has 0 aliphatic carbocycles. The number of anilines is 1. The van der Waals surface area contributed by atoms with E-state index in [9.17, 15) is 4.79 Å². The number of ether oxygens (including phenoxy) is 2. The van der Waals surface area contributed by atoms with Crippen molar-refractivity contribution in [1.29, 1.82) is 0 Å². The summed E-state index contributed by atoms with van der Waals surface area (Å²) in [5, 5.41) is 3.24. The highest BCUT2D eigenvalue weighted by Gasteiger charge is 2.10. The van der Waals surface area contributed by atoms with Crippen molar-refractivity contribution >= 4 is 34.3 Å². The van der Waals surface area contributed by atoms with Gasteiger partial charge in [0, 0.05) is 17.3 Å². The van der Waals surface area contributed by atoms with Gasteiger partial charge in [-0.15, -0.1) is 0 Å². The predicted octanol–water partition coefficient (Wildman–Crippen LogP) is 5.17. The van der Waals surface area contributed by atoms with Gasteiger partial charge in [0.25, 0.3) is 5.91 Å². The van der Waals surface area contributed by atoms with Crippen LogP contribution in [0, 0.1) is 0 Å². The van der Waals surface area contributed by atoms with Gasteiger partial charge in [-0.2, -0.15) is 0 Å². The Morgan fingerprint density at radius 3 is 2.66 bits per heavy atom. The van der Waals surface area contributed by atoms with Gasteiger partial charge in [0.1, 0.15) is 17.0 Å². The van der Waals surface area contributed by atoms with Gasteiger partial charge in [0.05, 0.1) is 12.1 Å². The van der Waals surface area contributed by atoms with E-state index in [1.807, 2.05) is 30.3 Å². The number of aromatic nitrogens is 1. The molecule has 1 amide bonds. The summed E-state index contributed by atoms with van der Waals surface area (Å²) in [6, 6.07) is 19.7. The molecule has 0 spiro atoms. The lowest BCUT2D eigenvalue weighted by atomic mass is 10.2. The molecular weight excluding hydrogens is 392 g/mol. The number of hydrogen-bond donors (Lipinski definition) is 1. The zero-order valence-corrected chi connectivity index (χ0v) is 16.3. The van der Waals surface area contributed by atoms with Crippen molar-refractivity contribution in [3.05, 3.63) is 71.8 Å². The molecule has 1 heterocycles. The zero-order chi connectivity index (χ0) is 20.2. The first kappa shape index (κ1) is 18.8. The Bertz CT molecular complexity index is 1160. The third kappa shape index (κ3) is 4.33. The van der Waals surface area contributed by atoms with E-state index in [4.69, 9.17) is 25.5 Å². The van der Waals surface area contributed by atoms with E-state index in [0.29, 0.717) is 33.4 Å². The van der Waals surface area contributed by atoms with Crippen molar-refractivity contribution in [3.8, 4) is 23.0 Å². The number of amides is 1. The van der Waals surface area contributed by atoms with Gasteiger partial charge >= 0.3 is 0 Å². The van der Waals surface area contributed by atoms with Crippen LogP contribution in [0.4, 0.5) is 5.69 Å². The summed E-state index contributed by atoms with van der Waals surface area (Å²) in [6.45, 7) is -0.140. The van der Waals surface area contributed by atoms with Crippen molar-refractivity contribution in [2.24, 2.45) is 0 Å². The van der Waals surface area contributed by atoms with Gasteiger partial charge in [0.2, 0.25) is 5.89 Å². The van der Waals surface area contributed by atoms with E-state index in [2.05, 4.69) is 10.3 Å². The molecule has 4 rings (SSSR count). The highest BCUT2D eigenvalue weighted by Crippen LogP contribution is 2.28. The molecule has 6 nitrogen and oxygen atoms in total. The number of methoxy groups -OCH3 is 1. The molecule has 3 aromatic carbocycles. The van der Waals surface area contributed by atoms with Crippen LogP contribution in [0.5, 0.6) is 11.5 Å². The van der Waals surface area contributed by atoms with Crippen molar-refractivity contribution in [2.75, 3.05) is 19.0 Å². The summed E-state index contributed by atoms with van der Waals surface area (Å²) in [5.41, 5.74) is 2.83. The molecule has 4 aromatic rings. The third-order valence-corrected chi connectivity index (χ3v) is 4.52. The lowest BCUT2D eigenvalue weighted by Crippen LogP contribution is -2.20. The van der Waals surface area contributed by atoms with Crippen molar-refractivity contribution in [3.63, 3.8) is 0 Å². The fourth-order valence-corrected chi connectivity index (χ4v) is 2.95. The van der Waals surface area contributed by atoms with Crippen LogP contribution in [-0.2, 0) is 4.79 Å². The van der Waals surface area contributed by atoms with Crippen LogP contribution in [0.3, 0.4) is 0 Å². The van der Waals surface area contributed by atoms with Crippen LogP contribution in [0.1, 0.15) is 0 Å². The Morgan fingerprint density at radius 1 is 1.10 bits per heavy atom. The third-order valence-electron chi connectivity index (χ3n) is 4.21. The van der Waals surface area contributed by atoms with Crippen molar-refractivity contribution in [2.45, 2.75) is 0 Å². The van der Waals surface area contributed by atoms with Gasteiger partial charge in [-0.25, -0.2) is 4.98 Å². The number of benzene rings is 3. The monoisotopic (exact) mass is 408 g/mol. The zero-order valence-electron chi connectivity index (χ0n) is 15.5. The van der Waals surface area contributed by atoms with E-state index < -0.39 is 0 Å². The molecule has 29 heavy (non-hydrogen) atoms. The molecule has 1 aromatic heterocycles. The predicted molar refractivity (Wildman–Crippen MR) is 112 cm³/mol. The topological polar surface area (TPSA) is 73.6 Å². The molecule has 0 bridgehead atoms. The number of oxazole rings is 1. The minimum Gasteiger partial charge on any atom is -0.497 e. The summed E-state index contributed by atoms with van der Waals surface area (Å²) < 4.78 is 16.4. The summed E-state index contributed by atoms with van der Waals surface area (Å²) in [6.07, 6.45) is 0. The van der Waals surface area contributed by atoms with Gasteiger partial charge < -0.3 is 19.2 Å². The number of halogens is 1. The number of rotatable bonds is 6. The highest BCUT2D eigenvalue weighted by molar-refractivity contribution is 6.32. The second kappa shape index (κ2) is 8.24. The van der Waals surface area contributed by atoms with Gasteiger partial charge in [-0.3, -0.25) is 4.79 Å². The minimum absolute atomic E-state index is 0.140. The average Bonchev–Trinajstić information content (AvgIpc) is 3.17. The number of fused-ring (bicyclic) bond motifs is 1. The van der Waals surface area contributed by atoms with Crippen LogP contribution in [-0.4, -0.2) is 24.6 Å². The highest BCUT2D eigenvalue weighted by atomic mass is 35.5. The molecule has 0 atom stereocenters. The van der Waals surface area contributed by atoms with Gasteiger partial charge in [-0.1, -0.05) is 23.7 Å². The smallest absolute Gasteiger partial charge is 0.262 e. The standard InChI is InChI=1S/C22H17ClN2O4/c1-27-16-10-11-20-18(12-16)25-22(29-20)14-6-8-15(9-7-14)24-21(26)13-28-19-5-3-2-4-17(19)23/h2-12H,13H2,1H3,(H,24,26). The van der Waals surface area contributed by atoms with Crippen LogP contribution in [0.15, 0.2) is 71.1 Å². The quantitative estimate of drug-likeness (QED) is 0.476. The van der Waals surface area contributed by atoms with E-state index in [0.717, 1.165) is 11.3 Å². The summed E-state index contributed by atoms with van der Waals surface area (Å²) in [5.74, 6) is 1.39. The second-order valence-electron chi connectivity index (χ2n) is 6.20. The first-order valence-corrected chi connectivity index (χ1v) is 9.22. The Kier molecular flexibility index (Phi) is 5.35. The number of carbonyl (C=O) groups is 1. The first-order chi connectivity index (χ1) is 14.1. The van der Waals surface area contributed by atoms with Gasteiger partial charge in [0.15, 0.2) is 12.2 Å². The van der Waals surface area contributed by atoms with Crippen LogP contribution < -0.4 is 14.8 Å². The molecule has 0 unspecified atom stereocenters. The summed E-state index contributed by atoms with van der Waals surface area (Å²) in [4.78, 5) is 16.6. The Morgan fingerprint density at radius 2 is 1.90 bits per heavy atom. The molecule has 0 aliphatic rings. The number of hydrogen-bond acceptors (Lipinski definition) is 5. The number of para-hydroxylation sites is 1. The molecule has 0 aliphatic heterocycles. The van der Waals surface area contributed by atoms with E-state index in [1.54, 1.807) is 43.5 Å². The molecule has 0 saturated heterocycles. The number of carbonyl (C=O) groups excluding carboxylic acids is 1. The Hall–Kier alpha value is -3.51. The Balaban J connectivity index is 1.41. The van der Waals surface area contributed by atoms with Crippen molar-refractivity contribution in [1.82, 2.24) is 4.98 Å². The SMILES string of the molecule is COc1ccc2oc(-c3ccc(NC(=O)COc4ccccc4Cl)cc3)nc2c1. The average molecular weight is 409 g/mol. The fraction of sp³-hybridized carbons (Fsp3) is 0.0909. The van der Waals surface area contributed by atoms with E-state index in [-0.39, 0.29) is 12.5 Å². The molecule has 7 heteroatoms. The maximum atomic E-state index is 12.1. The lowest BCUT2D eigenvalue weighted by Gasteiger charge is -2.08. The van der Waals surface area contributed by atoms with E-state index >= 15 is 0 Å². The molecular formula is C22H17ClN2O4. The number of nitrogens with zero attached hydrogens (tertiary/aromatic N) is 1. The summed E-state index contributed by atoms with van der Waals surface area (Å²) in [7, 11) is 1.61. The molecule has 0 saturated carbocycles. The maximum Gasteiger partial charge on any atom is 0.262 e. The number of nitrogens with one attached hydrogen (secondary N) is 1. The van der Waals surface area contributed by atoms with Crippen molar-refractivity contribution < 1.29 is 18.7 Å². The minimum atomic E-state index is -0.286. The lowest BCUT2D eigenvalue weighted by molar-refractivity contribution is -0.118. The van der Waals surface area contributed by atoms with Crippen LogP contribution in [0.25, 0.3) is 22.6 Å². The Labute approximate surface area is 172 Å². The fourth-order valence-electron chi connectivity index (χ4n) is 2.76. The summed E-state index contributed by atoms with van der Waals surface area (Å²) >= 11 is 6.01. The molecule has 1 N–H and O–H groups in total.